The molecule has 0 saturated carbocycles. The number of aryl methyl sites for hydroxylation is 3. The lowest BCUT2D eigenvalue weighted by atomic mass is 10.3. The van der Waals surface area contributed by atoms with Crippen LogP contribution in [0.15, 0.2) is 18.6 Å². The summed E-state index contributed by atoms with van der Waals surface area (Å²) in [6.45, 7) is 5.49. The van der Waals surface area contributed by atoms with Gasteiger partial charge in [0.05, 0.1) is 18.4 Å². The summed E-state index contributed by atoms with van der Waals surface area (Å²) in [4.78, 5) is 4.16. The van der Waals surface area contributed by atoms with E-state index in [2.05, 4.69) is 19.9 Å². The third kappa shape index (κ3) is 2.27. The molecule has 2 aromatic rings. The molecule has 2 heterocycles. The number of nitrogens with zero attached hydrogens (tertiary/aromatic N) is 5. The largest absolute Gasteiger partial charge is 0.333 e. The third-order valence-corrected chi connectivity index (χ3v) is 2.52. The van der Waals surface area contributed by atoms with Crippen molar-refractivity contribution in [1.29, 1.82) is 0 Å². The SMILES string of the molecule is Cc1nccn1CCn1cc(C(C)N)nn1. The minimum Gasteiger partial charge on any atom is -0.333 e. The standard InChI is InChI=1S/C10H16N6/c1-8(11)10-7-16(14-13-10)6-5-15-4-3-12-9(15)2/h3-4,7-8H,5-6,11H2,1-2H3. The highest BCUT2D eigenvalue weighted by atomic mass is 15.4. The summed E-state index contributed by atoms with van der Waals surface area (Å²) in [5.74, 6) is 1.01. The fourth-order valence-corrected chi connectivity index (χ4v) is 1.48. The lowest BCUT2D eigenvalue weighted by molar-refractivity contribution is 0.513. The van der Waals surface area contributed by atoms with Crippen molar-refractivity contribution >= 4 is 0 Å². The molecule has 2 aromatic heterocycles. The second-order valence-corrected chi connectivity index (χ2v) is 3.86. The molecule has 1 unspecified atom stereocenters. The maximum Gasteiger partial charge on any atom is 0.105 e. The maximum absolute atomic E-state index is 5.71. The predicted molar refractivity (Wildman–Crippen MR) is 59.6 cm³/mol. The zero-order valence-corrected chi connectivity index (χ0v) is 9.54. The molecule has 16 heavy (non-hydrogen) atoms. The molecular formula is C10H16N6. The number of imidazole rings is 1. The molecule has 0 aliphatic rings. The van der Waals surface area contributed by atoms with Crippen LogP contribution < -0.4 is 5.73 Å². The van der Waals surface area contributed by atoms with Crippen molar-refractivity contribution in [2.24, 2.45) is 5.73 Å². The van der Waals surface area contributed by atoms with Gasteiger partial charge in [0, 0.05) is 25.0 Å². The van der Waals surface area contributed by atoms with Gasteiger partial charge in [-0.1, -0.05) is 5.21 Å². The highest BCUT2D eigenvalue weighted by molar-refractivity contribution is 4.97. The molecular weight excluding hydrogens is 204 g/mol. The van der Waals surface area contributed by atoms with Crippen molar-refractivity contribution in [3.8, 4) is 0 Å². The van der Waals surface area contributed by atoms with Gasteiger partial charge in [0.25, 0.3) is 0 Å². The van der Waals surface area contributed by atoms with Crippen LogP contribution in [0.5, 0.6) is 0 Å². The molecule has 1 atom stereocenters. The number of aromatic nitrogens is 5. The van der Waals surface area contributed by atoms with E-state index in [9.17, 15) is 0 Å². The van der Waals surface area contributed by atoms with Crippen LogP contribution in [0.3, 0.4) is 0 Å². The maximum atomic E-state index is 5.71. The van der Waals surface area contributed by atoms with Crippen LogP contribution in [0.1, 0.15) is 24.5 Å². The van der Waals surface area contributed by atoms with Crippen LogP contribution in [0.4, 0.5) is 0 Å². The van der Waals surface area contributed by atoms with Gasteiger partial charge in [-0.2, -0.15) is 0 Å². The summed E-state index contributed by atoms with van der Waals surface area (Å²) in [6.07, 6.45) is 5.64. The van der Waals surface area contributed by atoms with E-state index in [1.165, 1.54) is 0 Å². The van der Waals surface area contributed by atoms with Gasteiger partial charge in [-0.25, -0.2) is 4.98 Å². The van der Waals surface area contributed by atoms with Gasteiger partial charge >= 0.3 is 0 Å². The van der Waals surface area contributed by atoms with Crippen LogP contribution in [0.25, 0.3) is 0 Å². The Morgan fingerprint density at radius 3 is 2.81 bits per heavy atom. The third-order valence-electron chi connectivity index (χ3n) is 2.52. The number of nitrogens with two attached hydrogens (primary N) is 1. The molecule has 86 valence electrons. The Bertz CT molecular complexity index is 455. The molecule has 0 bridgehead atoms. The van der Waals surface area contributed by atoms with Crippen molar-refractivity contribution in [2.45, 2.75) is 33.0 Å². The van der Waals surface area contributed by atoms with Gasteiger partial charge in [0.1, 0.15) is 5.82 Å². The molecule has 2 N–H and O–H groups in total. The van der Waals surface area contributed by atoms with E-state index < -0.39 is 0 Å². The summed E-state index contributed by atoms with van der Waals surface area (Å²) < 4.78 is 3.88. The topological polar surface area (TPSA) is 74.5 Å². The number of hydrogen-bond donors (Lipinski definition) is 1. The number of rotatable bonds is 4. The molecule has 6 nitrogen and oxygen atoms in total. The molecule has 0 aliphatic carbocycles. The lowest BCUT2D eigenvalue weighted by Gasteiger charge is -2.04. The van der Waals surface area contributed by atoms with Gasteiger partial charge in [0.15, 0.2) is 0 Å². The van der Waals surface area contributed by atoms with Gasteiger partial charge in [-0.15, -0.1) is 5.10 Å². The zero-order chi connectivity index (χ0) is 11.5. The number of hydrogen-bond acceptors (Lipinski definition) is 4. The lowest BCUT2D eigenvalue weighted by Crippen LogP contribution is -2.08. The second-order valence-electron chi connectivity index (χ2n) is 3.86. The minimum absolute atomic E-state index is 0.0660. The molecule has 0 saturated heterocycles. The Labute approximate surface area is 94.1 Å². The molecule has 0 spiro atoms. The molecule has 0 amide bonds. The summed E-state index contributed by atoms with van der Waals surface area (Å²) in [5, 5.41) is 8.02. The molecule has 0 radical (unpaired) electrons. The Morgan fingerprint density at radius 1 is 1.44 bits per heavy atom. The Hall–Kier alpha value is -1.69. The van der Waals surface area contributed by atoms with Crippen molar-refractivity contribution in [2.75, 3.05) is 0 Å². The molecule has 6 heteroatoms. The van der Waals surface area contributed by atoms with Crippen molar-refractivity contribution < 1.29 is 0 Å². The first kappa shape index (κ1) is 10.8. The van der Waals surface area contributed by atoms with Crippen molar-refractivity contribution in [3.05, 3.63) is 30.1 Å². The smallest absolute Gasteiger partial charge is 0.105 e. The molecule has 0 aromatic carbocycles. The molecule has 2 rings (SSSR count). The van der Waals surface area contributed by atoms with E-state index in [0.717, 1.165) is 24.6 Å². The van der Waals surface area contributed by atoms with E-state index in [-0.39, 0.29) is 6.04 Å². The van der Waals surface area contributed by atoms with Crippen LogP contribution in [0, 0.1) is 6.92 Å². The van der Waals surface area contributed by atoms with Crippen molar-refractivity contribution in [3.63, 3.8) is 0 Å². The first-order chi connectivity index (χ1) is 7.66. The van der Waals surface area contributed by atoms with Crippen LogP contribution >= 0.6 is 0 Å². The summed E-state index contributed by atoms with van der Waals surface area (Å²) >= 11 is 0. The van der Waals surface area contributed by atoms with Crippen LogP contribution in [-0.4, -0.2) is 24.5 Å². The summed E-state index contributed by atoms with van der Waals surface area (Å²) in [7, 11) is 0. The predicted octanol–water partition coefficient (Wildman–Crippen LogP) is 0.503. The van der Waals surface area contributed by atoms with E-state index in [0.29, 0.717) is 0 Å². The first-order valence-corrected chi connectivity index (χ1v) is 5.30. The fourth-order valence-electron chi connectivity index (χ4n) is 1.48. The van der Waals surface area contributed by atoms with E-state index in [1.807, 2.05) is 26.2 Å². The fraction of sp³-hybridized carbons (Fsp3) is 0.500. The monoisotopic (exact) mass is 220 g/mol. The van der Waals surface area contributed by atoms with Crippen LogP contribution in [-0.2, 0) is 13.1 Å². The Morgan fingerprint density at radius 2 is 2.25 bits per heavy atom. The van der Waals surface area contributed by atoms with Gasteiger partial charge in [0.2, 0.25) is 0 Å². The highest BCUT2D eigenvalue weighted by Gasteiger charge is 2.05. The average Bonchev–Trinajstić information content (AvgIpc) is 2.83. The minimum atomic E-state index is -0.0660. The van der Waals surface area contributed by atoms with E-state index in [1.54, 1.807) is 10.9 Å². The van der Waals surface area contributed by atoms with E-state index in [4.69, 9.17) is 5.73 Å². The zero-order valence-electron chi connectivity index (χ0n) is 9.54. The average molecular weight is 220 g/mol. The van der Waals surface area contributed by atoms with Crippen LogP contribution in [0.2, 0.25) is 0 Å². The highest BCUT2D eigenvalue weighted by Crippen LogP contribution is 2.04. The Kier molecular flexibility index (Phi) is 3.00. The van der Waals surface area contributed by atoms with Gasteiger partial charge in [-0.3, -0.25) is 4.68 Å². The van der Waals surface area contributed by atoms with Crippen molar-refractivity contribution in [1.82, 2.24) is 24.5 Å². The first-order valence-electron chi connectivity index (χ1n) is 5.30. The summed E-state index contributed by atoms with van der Waals surface area (Å²) in [5.41, 5.74) is 6.53. The van der Waals surface area contributed by atoms with Gasteiger partial charge < -0.3 is 10.3 Å². The molecule has 0 aliphatic heterocycles. The normalized spacial score (nSPS) is 12.9. The quantitative estimate of drug-likeness (QED) is 0.814. The summed E-state index contributed by atoms with van der Waals surface area (Å²) in [6, 6.07) is -0.0660. The van der Waals surface area contributed by atoms with Gasteiger partial charge in [-0.05, 0) is 13.8 Å². The second kappa shape index (κ2) is 4.44. The van der Waals surface area contributed by atoms with E-state index >= 15 is 0 Å². The molecule has 0 fully saturated rings. The Balaban J connectivity index is 1.97.